The van der Waals surface area contributed by atoms with E-state index in [1.54, 1.807) is 0 Å². The van der Waals surface area contributed by atoms with Crippen LogP contribution < -0.4 is 10.1 Å². The fraction of sp³-hybridized carbons (Fsp3) is 0.385. The molecular formula is C13H15N3OS. The van der Waals surface area contributed by atoms with Crippen LogP contribution >= 0.6 is 11.8 Å². The molecule has 0 aliphatic carbocycles. The third-order valence-corrected chi connectivity index (χ3v) is 3.45. The van der Waals surface area contributed by atoms with Crippen molar-refractivity contribution in [3.8, 4) is 11.9 Å². The van der Waals surface area contributed by atoms with Gasteiger partial charge in [0.25, 0.3) is 0 Å². The van der Waals surface area contributed by atoms with Gasteiger partial charge in [-0.3, -0.25) is 5.32 Å². The van der Waals surface area contributed by atoms with E-state index in [4.69, 9.17) is 10.00 Å². The van der Waals surface area contributed by atoms with Crippen LogP contribution in [-0.2, 0) is 5.41 Å². The number of hydrogen-bond acceptors (Lipinski definition) is 4. The minimum atomic E-state index is 0.0603. The van der Waals surface area contributed by atoms with Gasteiger partial charge in [0.2, 0.25) is 0 Å². The second-order valence-corrected chi connectivity index (χ2v) is 5.51. The maximum Gasteiger partial charge on any atom is 0.183 e. The highest BCUT2D eigenvalue weighted by molar-refractivity contribution is 8.13. The molecule has 1 heterocycles. The standard InChI is InChI=1S/C13H15N3OS/c1-13(2)7-17-11-6-9(4-5-10(11)13)16-12(18-3)15-8-14/h4-6H,7H2,1-3H3,(H,15,16). The summed E-state index contributed by atoms with van der Waals surface area (Å²) in [6.07, 6.45) is 3.74. The predicted octanol–water partition coefficient (Wildman–Crippen LogP) is 2.78. The molecule has 1 aliphatic rings. The molecule has 1 aromatic rings. The summed E-state index contributed by atoms with van der Waals surface area (Å²) < 4.78 is 5.67. The molecule has 0 aromatic heterocycles. The molecule has 4 nitrogen and oxygen atoms in total. The Morgan fingerprint density at radius 2 is 2.33 bits per heavy atom. The van der Waals surface area contributed by atoms with E-state index in [2.05, 4.69) is 24.2 Å². The molecule has 0 unspecified atom stereocenters. The van der Waals surface area contributed by atoms with Crippen LogP contribution in [0.2, 0.25) is 0 Å². The Hall–Kier alpha value is -1.67. The van der Waals surface area contributed by atoms with Crippen molar-refractivity contribution in [2.24, 2.45) is 4.99 Å². The molecule has 18 heavy (non-hydrogen) atoms. The Bertz CT molecular complexity index is 532. The third kappa shape index (κ3) is 2.44. The van der Waals surface area contributed by atoms with Gasteiger partial charge in [0, 0.05) is 17.0 Å². The van der Waals surface area contributed by atoms with Gasteiger partial charge in [-0.05, 0) is 12.3 Å². The number of fused-ring (bicyclic) bond motifs is 1. The first kappa shape index (κ1) is 12.8. The number of aliphatic imine (C=N–C) groups is 1. The fourth-order valence-electron chi connectivity index (χ4n) is 1.88. The number of hydrogen-bond donors (Lipinski definition) is 1. The summed E-state index contributed by atoms with van der Waals surface area (Å²) in [5, 5.41) is 11.7. The van der Waals surface area contributed by atoms with Gasteiger partial charge in [0.15, 0.2) is 11.4 Å². The zero-order valence-corrected chi connectivity index (χ0v) is 11.5. The number of thioether (sulfide) groups is 1. The molecule has 2 rings (SSSR count). The van der Waals surface area contributed by atoms with Gasteiger partial charge in [0.05, 0.1) is 12.3 Å². The highest BCUT2D eigenvalue weighted by Gasteiger charge is 2.31. The van der Waals surface area contributed by atoms with Crippen molar-refractivity contribution in [1.29, 1.82) is 5.26 Å². The summed E-state index contributed by atoms with van der Waals surface area (Å²) in [6.45, 7) is 5.01. The van der Waals surface area contributed by atoms with E-state index in [-0.39, 0.29) is 5.41 Å². The van der Waals surface area contributed by atoms with Crippen LogP contribution in [0.5, 0.6) is 5.75 Å². The van der Waals surface area contributed by atoms with E-state index >= 15 is 0 Å². The van der Waals surface area contributed by atoms with Crippen molar-refractivity contribution in [1.82, 2.24) is 5.32 Å². The molecule has 0 saturated carbocycles. The van der Waals surface area contributed by atoms with Gasteiger partial charge < -0.3 is 4.74 Å². The molecule has 0 atom stereocenters. The van der Waals surface area contributed by atoms with Crippen LogP contribution in [0.3, 0.4) is 0 Å². The monoisotopic (exact) mass is 261 g/mol. The van der Waals surface area contributed by atoms with Gasteiger partial charge in [-0.15, -0.1) is 0 Å². The molecular weight excluding hydrogens is 246 g/mol. The van der Waals surface area contributed by atoms with E-state index in [9.17, 15) is 0 Å². The summed E-state index contributed by atoms with van der Waals surface area (Å²) >= 11 is 1.40. The Labute approximate surface area is 111 Å². The number of nitriles is 1. The summed E-state index contributed by atoms with van der Waals surface area (Å²) in [6, 6.07) is 5.91. The van der Waals surface area contributed by atoms with Gasteiger partial charge in [-0.25, -0.2) is 4.99 Å². The van der Waals surface area contributed by atoms with E-state index in [0.29, 0.717) is 11.8 Å². The first-order valence-corrected chi connectivity index (χ1v) is 6.84. The second-order valence-electron chi connectivity index (χ2n) is 4.71. The number of rotatable bonds is 1. The number of nitrogens with zero attached hydrogens (tertiary/aromatic N) is 2. The Morgan fingerprint density at radius 3 is 3.00 bits per heavy atom. The van der Waals surface area contributed by atoms with Crippen LogP contribution in [0.4, 0.5) is 5.69 Å². The minimum absolute atomic E-state index is 0.0603. The SMILES string of the molecule is CSC(=Nc1ccc2c(c1)OCC2(C)C)NC#N. The molecule has 0 bridgehead atoms. The van der Waals surface area contributed by atoms with Crippen molar-refractivity contribution in [2.75, 3.05) is 12.9 Å². The molecule has 94 valence electrons. The van der Waals surface area contributed by atoms with Gasteiger partial charge in [-0.2, -0.15) is 5.26 Å². The number of amidine groups is 1. The largest absolute Gasteiger partial charge is 0.492 e. The zero-order chi connectivity index (χ0) is 13.2. The first-order chi connectivity index (χ1) is 8.56. The quantitative estimate of drug-likeness (QED) is 0.365. The summed E-state index contributed by atoms with van der Waals surface area (Å²) in [7, 11) is 0. The lowest BCUT2D eigenvalue weighted by molar-refractivity contribution is 0.291. The van der Waals surface area contributed by atoms with Crippen LogP contribution in [0.15, 0.2) is 23.2 Å². The lowest BCUT2D eigenvalue weighted by Crippen LogP contribution is -2.18. The van der Waals surface area contributed by atoms with Gasteiger partial charge >= 0.3 is 0 Å². The zero-order valence-electron chi connectivity index (χ0n) is 10.7. The average Bonchev–Trinajstić information content (AvgIpc) is 2.64. The maximum absolute atomic E-state index is 8.59. The van der Waals surface area contributed by atoms with Crippen LogP contribution in [0, 0.1) is 11.5 Å². The van der Waals surface area contributed by atoms with Crippen molar-refractivity contribution in [3.05, 3.63) is 23.8 Å². The smallest absolute Gasteiger partial charge is 0.183 e. The average molecular weight is 261 g/mol. The molecule has 0 radical (unpaired) electrons. The Balaban J connectivity index is 2.31. The van der Waals surface area contributed by atoms with Crippen molar-refractivity contribution >= 4 is 22.6 Å². The summed E-state index contributed by atoms with van der Waals surface area (Å²) in [5.74, 6) is 0.888. The molecule has 1 N–H and O–H groups in total. The van der Waals surface area contributed by atoms with Crippen LogP contribution in [0.25, 0.3) is 0 Å². The Kier molecular flexibility index (Phi) is 3.48. The predicted molar refractivity (Wildman–Crippen MR) is 74.3 cm³/mol. The minimum Gasteiger partial charge on any atom is -0.492 e. The van der Waals surface area contributed by atoms with Gasteiger partial charge in [0.1, 0.15) is 5.75 Å². The molecule has 0 saturated heterocycles. The number of benzene rings is 1. The second kappa shape index (κ2) is 4.91. The van der Waals surface area contributed by atoms with Crippen molar-refractivity contribution in [3.63, 3.8) is 0 Å². The van der Waals surface area contributed by atoms with E-state index in [1.165, 1.54) is 17.3 Å². The highest BCUT2D eigenvalue weighted by atomic mass is 32.2. The van der Waals surface area contributed by atoms with Crippen molar-refractivity contribution in [2.45, 2.75) is 19.3 Å². The lowest BCUT2D eigenvalue weighted by Gasteiger charge is -2.14. The molecule has 0 amide bonds. The van der Waals surface area contributed by atoms with Crippen molar-refractivity contribution < 1.29 is 4.74 Å². The maximum atomic E-state index is 8.59. The van der Waals surface area contributed by atoms with E-state index < -0.39 is 0 Å². The van der Waals surface area contributed by atoms with E-state index in [1.807, 2.05) is 30.6 Å². The molecule has 0 fully saturated rings. The Morgan fingerprint density at radius 1 is 1.56 bits per heavy atom. The topological polar surface area (TPSA) is 57.4 Å². The summed E-state index contributed by atoms with van der Waals surface area (Å²) in [4.78, 5) is 4.36. The normalized spacial score (nSPS) is 16.7. The molecule has 5 heteroatoms. The highest BCUT2D eigenvalue weighted by Crippen LogP contribution is 2.40. The van der Waals surface area contributed by atoms with Gasteiger partial charge in [-0.1, -0.05) is 31.7 Å². The molecule has 0 spiro atoms. The molecule has 1 aromatic carbocycles. The first-order valence-electron chi connectivity index (χ1n) is 5.62. The van der Waals surface area contributed by atoms with E-state index in [0.717, 1.165) is 11.4 Å². The number of ether oxygens (including phenoxy) is 1. The van der Waals surface area contributed by atoms with Crippen LogP contribution in [-0.4, -0.2) is 18.0 Å². The molecule has 1 aliphatic heterocycles. The summed E-state index contributed by atoms with van der Waals surface area (Å²) in [5.41, 5.74) is 2.06. The fourth-order valence-corrected chi connectivity index (χ4v) is 2.23. The third-order valence-electron chi connectivity index (χ3n) is 2.87. The lowest BCUT2D eigenvalue weighted by atomic mass is 9.87. The number of nitrogens with one attached hydrogen (secondary N) is 1. The van der Waals surface area contributed by atoms with Crippen LogP contribution in [0.1, 0.15) is 19.4 Å².